The Morgan fingerprint density at radius 3 is 2.26 bits per heavy atom. The summed E-state index contributed by atoms with van der Waals surface area (Å²) in [5.74, 6) is 0.0493. The minimum absolute atomic E-state index is 0. The van der Waals surface area contributed by atoms with Gasteiger partial charge in [0.05, 0.1) is 0 Å². The SMILES string of the molecule is CNCCCNC(=O)c1ccc(CN(C)C(=O)C(C)C)cc1.Cl. The molecule has 5 nitrogen and oxygen atoms in total. The minimum Gasteiger partial charge on any atom is -0.352 e. The first kappa shape index (κ1) is 21.4. The number of amides is 2. The summed E-state index contributed by atoms with van der Waals surface area (Å²) < 4.78 is 0. The van der Waals surface area contributed by atoms with Crippen LogP contribution in [0.5, 0.6) is 0 Å². The molecule has 0 saturated heterocycles. The number of rotatable bonds is 8. The molecule has 6 heteroatoms. The molecule has 1 rings (SSSR count). The Morgan fingerprint density at radius 1 is 1.13 bits per heavy atom. The summed E-state index contributed by atoms with van der Waals surface area (Å²) in [5, 5.41) is 5.92. The predicted octanol–water partition coefficient (Wildman–Crippen LogP) is 2.06. The Bertz CT molecular complexity index is 489. The molecule has 23 heavy (non-hydrogen) atoms. The van der Waals surface area contributed by atoms with Crippen LogP contribution in [0.2, 0.25) is 0 Å². The van der Waals surface area contributed by atoms with E-state index in [9.17, 15) is 9.59 Å². The number of hydrogen-bond donors (Lipinski definition) is 2. The number of benzene rings is 1. The van der Waals surface area contributed by atoms with Crippen molar-refractivity contribution in [3.8, 4) is 0 Å². The molecule has 0 aliphatic heterocycles. The average molecular weight is 342 g/mol. The van der Waals surface area contributed by atoms with Crippen LogP contribution in [0.25, 0.3) is 0 Å². The highest BCUT2D eigenvalue weighted by Crippen LogP contribution is 2.09. The molecule has 0 radical (unpaired) electrons. The molecule has 0 unspecified atom stereocenters. The van der Waals surface area contributed by atoms with Gasteiger partial charge < -0.3 is 15.5 Å². The lowest BCUT2D eigenvalue weighted by molar-refractivity contribution is -0.133. The number of nitrogens with zero attached hydrogens (tertiary/aromatic N) is 1. The molecule has 1 aromatic rings. The van der Waals surface area contributed by atoms with Crippen molar-refractivity contribution in [3.05, 3.63) is 35.4 Å². The summed E-state index contributed by atoms with van der Waals surface area (Å²) in [7, 11) is 3.69. The van der Waals surface area contributed by atoms with Crippen molar-refractivity contribution in [2.24, 2.45) is 5.92 Å². The van der Waals surface area contributed by atoms with E-state index in [1.54, 1.807) is 24.1 Å². The molecule has 0 spiro atoms. The highest BCUT2D eigenvalue weighted by atomic mass is 35.5. The van der Waals surface area contributed by atoms with E-state index in [0.717, 1.165) is 18.5 Å². The molecule has 0 fully saturated rings. The van der Waals surface area contributed by atoms with Crippen LogP contribution in [0.15, 0.2) is 24.3 Å². The Hall–Kier alpha value is -1.59. The molecule has 0 saturated carbocycles. The van der Waals surface area contributed by atoms with Crippen LogP contribution >= 0.6 is 12.4 Å². The van der Waals surface area contributed by atoms with Gasteiger partial charge in [0, 0.05) is 31.6 Å². The topological polar surface area (TPSA) is 61.4 Å². The molecule has 0 aromatic heterocycles. The largest absolute Gasteiger partial charge is 0.352 e. The van der Waals surface area contributed by atoms with E-state index < -0.39 is 0 Å². The zero-order valence-electron chi connectivity index (χ0n) is 14.4. The van der Waals surface area contributed by atoms with Crippen molar-refractivity contribution in [1.29, 1.82) is 0 Å². The zero-order valence-corrected chi connectivity index (χ0v) is 15.2. The van der Waals surface area contributed by atoms with E-state index >= 15 is 0 Å². The molecule has 0 heterocycles. The van der Waals surface area contributed by atoms with Gasteiger partial charge in [-0.3, -0.25) is 9.59 Å². The molecule has 1 aromatic carbocycles. The molecule has 0 atom stereocenters. The van der Waals surface area contributed by atoms with Crippen LogP contribution in [0.1, 0.15) is 36.2 Å². The number of hydrogen-bond acceptors (Lipinski definition) is 3. The standard InChI is InChI=1S/C17H27N3O2.ClH/c1-13(2)17(22)20(4)12-14-6-8-15(9-7-14)16(21)19-11-5-10-18-3;/h6-9,13,18H,5,10-12H2,1-4H3,(H,19,21);1H. The van der Waals surface area contributed by atoms with E-state index in [0.29, 0.717) is 18.7 Å². The van der Waals surface area contributed by atoms with Crippen molar-refractivity contribution in [1.82, 2.24) is 15.5 Å². The number of nitrogens with one attached hydrogen (secondary N) is 2. The van der Waals surface area contributed by atoms with E-state index in [1.807, 2.05) is 33.0 Å². The second-order valence-electron chi connectivity index (χ2n) is 5.76. The van der Waals surface area contributed by atoms with E-state index in [4.69, 9.17) is 0 Å². The van der Waals surface area contributed by atoms with Crippen LogP contribution in [0.4, 0.5) is 0 Å². The van der Waals surface area contributed by atoms with Crippen LogP contribution in [0, 0.1) is 5.92 Å². The lowest BCUT2D eigenvalue weighted by atomic mass is 10.1. The van der Waals surface area contributed by atoms with E-state index in [-0.39, 0.29) is 30.1 Å². The second-order valence-corrected chi connectivity index (χ2v) is 5.76. The van der Waals surface area contributed by atoms with E-state index in [2.05, 4.69) is 10.6 Å². The van der Waals surface area contributed by atoms with Gasteiger partial charge in [-0.1, -0.05) is 26.0 Å². The molecular weight excluding hydrogens is 314 g/mol. The van der Waals surface area contributed by atoms with Gasteiger partial charge in [-0.25, -0.2) is 0 Å². The van der Waals surface area contributed by atoms with Gasteiger partial charge in [-0.2, -0.15) is 0 Å². The second kappa shape index (κ2) is 11.0. The summed E-state index contributed by atoms with van der Waals surface area (Å²) in [5.41, 5.74) is 1.66. The third-order valence-corrected chi connectivity index (χ3v) is 3.40. The Morgan fingerprint density at radius 2 is 1.74 bits per heavy atom. The predicted molar refractivity (Wildman–Crippen MR) is 95.9 cm³/mol. The third kappa shape index (κ3) is 7.48. The lowest BCUT2D eigenvalue weighted by Gasteiger charge is -2.19. The van der Waals surface area contributed by atoms with Gasteiger partial charge in [0.2, 0.25) is 5.91 Å². The summed E-state index contributed by atoms with van der Waals surface area (Å²) in [6, 6.07) is 7.39. The third-order valence-electron chi connectivity index (χ3n) is 3.40. The summed E-state index contributed by atoms with van der Waals surface area (Å²) in [6.07, 6.45) is 0.905. The van der Waals surface area contributed by atoms with Gasteiger partial charge in [0.15, 0.2) is 0 Å². The van der Waals surface area contributed by atoms with Crippen molar-refractivity contribution < 1.29 is 9.59 Å². The fourth-order valence-corrected chi connectivity index (χ4v) is 2.12. The molecule has 130 valence electrons. The Balaban J connectivity index is 0.00000484. The van der Waals surface area contributed by atoms with Crippen molar-refractivity contribution >= 4 is 24.2 Å². The fraction of sp³-hybridized carbons (Fsp3) is 0.529. The number of halogens is 1. The quantitative estimate of drug-likeness (QED) is 0.711. The first-order valence-corrected chi connectivity index (χ1v) is 7.72. The van der Waals surface area contributed by atoms with Crippen LogP contribution in [0.3, 0.4) is 0 Å². The number of carbonyl (C=O) groups excluding carboxylic acids is 2. The first-order valence-electron chi connectivity index (χ1n) is 7.72. The fourth-order valence-electron chi connectivity index (χ4n) is 2.12. The minimum atomic E-state index is -0.0609. The van der Waals surface area contributed by atoms with Gasteiger partial charge in [0.1, 0.15) is 0 Å². The van der Waals surface area contributed by atoms with Gasteiger partial charge in [-0.15, -0.1) is 12.4 Å². The average Bonchev–Trinajstić information content (AvgIpc) is 2.51. The van der Waals surface area contributed by atoms with Crippen LogP contribution in [-0.4, -0.2) is 43.9 Å². The molecular formula is C17H28ClN3O2. The highest BCUT2D eigenvalue weighted by Gasteiger charge is 2.13. The molecule has 0 aliphatic rings. The first-order chi connectivity index (χ1) is 10.5. The Kier molecular flexibility index (Phi) is 10.3. The molecule has 2 amide bonds. The maximum Gasteiger partial charge on any atom is 0.251 e. The summed E-state index contributed by atoms with van der Waals surface area (Å²) in [4.78, 5) is 25.5. The lowest BCUT2D eigenvalue weighted by Crippen LogP contribution is -2.30. The monoisotopic (exact) mass is 341 g/mol. The van der Waals surface area contributed by atoms with Crippen molar-refractivity contribution in [2.75, 3.05) is 27.2 Å². The van der Waals surface area contributed by atoms with Gasteiger partial charge >= 0.3 is 0 Å². The Labute approximate surface area is 145 Å². The van der Waals surface area contributed by atoms with Crippen molar-refractivity contribution in [2.45, 2.75) is 26.8 Å². The van der Waals surface area contributed by atoms with E-state index in [1.165, 1.54) is 0 Å². The van der Waals surface area contributed by atoms with Crippen LogP contribution < -0.4 is 10.6 Å². The number of carbonyl (C=O) groups is 2. The van der Waals surface area contributed by atoms with Gasteiger partial charge in [-0.05, 0) is 37.7 Å². The summed E-state index contributed by atoms with van der Waals surface area (Å²) >= 11 is 0. The maximum atomic E-state index is 11.9. The zero-order chi connectivity index (χ0) is 16.5. The molecule has 0 aliphatic carbocycles. The van der Waals surface area contributed by atoms with Crippen LogP contribution in [-0.2, 0) is 11.3 Å². The molecule has 0 bridgehead atoms. The van der Waals surface area contributed by atoms with Gasteiger partial charge in [0.25, 0.3) is 5.91 Å². The molecule has 2 N–H and O–H groups in total. The maximum absolute atomic E-state index is 11.9. The smallest absolute Gasteiger partial charge is 0.251 e. The summed E-state index contributed by atoms with van der Waals surface area (Å²) in [6.45, 7) is 5.88. The highest BCUT2D eigenvalue weighted by molar-refractivity contribution is 5.94. The van der Waals surface area contributed by atoms with Crippen molar-refractivity contribution in [3.63, 3.8) is 0 Å². The normalized spacial score (nSPS) is 10.1.